The lowest BCUT2D eigenvalue weighted by molar-refractivity contribution is 0.0734. The SMILES string of the molecule is CCCCCC1CCC2CC(c3ccc(C(=O)Oc4ccc(C#N)cc4)cc3F)CCC2C1. The molecule has 0 amide bonds. The number of carbonyl (C=O) groups excluding carboxylic acids is 1. The Morgan fingerprint density at radius 2 is 1.79 bits per heavy atom. The first-order chi connectivity index (χ1) is 16.1. The maximum Gasteiger partial charge on any atom is 0.343 e. The molecule has 0 spiro atoms. The van der Waals surface area contributed by atoms with E-state index < -0.39 is 5.97 Å². The molecule has 174 valence electrons. The quantitative estimate of drug-likeness (QED) is 0.247. The topological polar surface area (TPSA) is 50.1 Å². The highest BCUT2D eigenvalue weighted by Crippen LogP contribution is 2.48. The summed E-state index contributed by atoms with van der Waals surface area (Å²) in [6.45, 7) is 2.27. The molecule has 2 saturated carbocycles. The van der Waals surface area contributed by atoms with Gasteiger partial charge in [-0.15, -0.1) is 0 Å². The predicted molar refractivity (Wildman–Crippen MR) is 128 cm³/mol. The van der Waals surface area contributed by atoms with Gasteiger partial charge in [-0.05, 0) is 97.7 Å². The number of halogens is 1. The number of nitriles is 1. The van der Waals surface area contributed by atoms with Crippen molar-refractivity contribution in [2.45, 2.75) is 77.0 Å². The summed E-state index contributed by atoms with van der Waals surface area (Å²) in [5.74, 6) is 2.11. The van der Waals surface area contributed by atoms with Crippen molar-refractivity contribution in [2.24, 2.45) is 17.8 Å². The highest BCUT2D eigenvalue weighted by molar-refractivity contribution is 5.91. The van der Waals surface area contributed by atoms with Crippen LogP contribution in [0, 0.1) is 34.9 Å². The van der Waals surface area contributed by atoms with Crippen molar-refractivity contribution in [3.63, 3.8) is 0 Å². The average Bonchev–Trinajstić information content (AvgIpc) is 2.84. The summed E-state index contributed by atoms with van der Waals surface area (Å²) in [5.41, 5.74) is 1.44. The van der Waals surface area contributed by atoms with Gasteiger partial charge < -0.3 is 4.74 Å². The third-order valence-corrected chi connectivity index (χ3v) is 7.81. The third kappa shape index (κ3) is 5.82. The summed E-state index contributed by atoms with van der Waals surface area (Å²) in [5, 5.41) is 8.87. The fourth-order valence-corrected chi connectivity index (χ4v) is 5.96. The van der Waals surface area contributed by atoms with Crippen LogP contribution in [-0.4, -0.2) is 5.97 Å². The van der Waals surface area contributed by atoms with E-state index in [2.05, 4.69) is 6.92 Å². The van der Waals surface area contributed by atoms with Crippen molar-refractivity contribution in [2.75, 3.05) is 0 Å². The number of hydrogen-bond donors (Lipinski definition) is 0. The molecule has 2 aliphatic rings. The largest absolute Gasteiger partial charge is 0.423 e. The molecule has 0 saturated heterocycles. The summed E-state index contributed by atoms with van der Waals surface area (Å²) >= 11 is 0. The van der Waals surface area contributed by atoms with Crippen LogP contribution in [0.5, 0.6) is 5.75 Å². The highest BCUT2D eigenvalue weighted by Gasteiger charge is 2.36. The van der Waals surface area contributed by atoms with Crippen molar-refractivity contribution >= 4 is 5.97 Å². The maximum absolute atomic E-state index is 15.0. The smallest absolute Gasteiger partial charge is 0.343 e. The minimum absolute atomic E-state index is 0.210. The summed E-state index contributed by atoms with van der Waals surface area (Å²) in [6.07, 6.45) is 12.7. The fourth-order valence-electron chi connectivity index (χ4n) is 5.96. The lowest BCUT2D eigenvalue weighted by Crippen LogP contribution is -2.30. The Morgan fingerprint density at radius 3 is 2.52 bits per heavy atom. The van der Waals surface area contributed by atoms with Crippen LogP contribution in [0.25, 0.3) is 0 Å². The summed E-state index contributed by atoms with van der Waals surface area (Å²) in [6, 6.07) is 13.1. The molecule has 0 aliphatic heterocycles. The van der Waals surface area contributed by atoms with Crippen LogP contribution in [0.1, 0.15) is 98.5 Å². The number of hydrogen-bond acceptors (Lipinski definition) is 3. The van der Waals surface area contributed by atoms with E-state index in [-0.39, 0.29) is 17.3 Å². The van der Waals surface area contributed by atoms with Gasteiger partial charge in [0.1, 0.15) is 11.6 Å². The summed E-state index contributed by atoms with van der Waals surface area (Å²) in [7, 11) is 0. The Morgan fingerprint density at radius 1 is 1.03 bits per heavy atom. The zero-order valence-electron chi connectivity index (χ0n) is 19.6. The van der Waals surface area contributed by atoms with Crippen molar-refractivity contribution in [1.29, 1.82) is 5.26 Å². The number of fused-ring (bicyclic) bond motifs is 1. The van der Waals surface area contributed by atoms with E-state index in [9.17, 15) is 4.79 Å². The molecule has 4 unspecified atom stereocenters. The Kier molecular flexibility index (Phi) is 7.81. The molecule has 4 rings (SSSR count). The zero-order valence-corrected chi connectivity index (χ0v) is 19.6. The molecule has 3 nitrogen and oxygen atoms in total. The van der Waals surface area contributed by atoms with E-state index in [1.54, 1.807) is 36.4 Å². The fraction of sp³-hybridized carbons (Fsp3) is 0.517. The van der Waals surface area contributed by atoms with E-state index in [0.717, 1.165) is 30.2 Å². The predicted octanol–water partition coefficient (Wildman–Crippen LogP) is 7.80. The minimum Gasteiger partial charge on any atom is -0.423 e. The molecule has 0 aromatic heterocycles. The first-order valence-corrected chi connectivity index (χ1v) is 12.6. The van der Waals surface area contributed by atoms with Crippen molar-refractivity contribution in [3.05, 3.63) is 65.0 Å². The molecule has 2 aliphatic carbocycles. The van der Waals surface area contributed by atoms with E-state index in [1.807, 2.05) is 6.07 Å². The first-order valence-electron chi connectivity index (χ1n) is 12.6. The van der Waals surface area contributed by atoms with Gasteiger partial charge in [0.2, 0.25) is 0 Å². The van der Waals surface area contributed by atoms with Crippen molar-refractivity contribution in [1.82, 2.24) is 0 Å². The molecule has 4 atom stereocenters. The van der Waals surface area contributed by atoms with Gasteiger partial charge >= 0.3 is 5.97 Å². The van der Waals surface area contributed by atoms with Gasteiger partial charge in [-0.2, -0.15) is 5.26 Å². The van der Waals surface area contributed by atoms with Gasteiger partial charge in [-0.25, -0.2) is 9.18 Å². The van der Waals surface area contributed by atoms with Crippen molar-refractivity contribution < 1.29 is 13.9 Å². The molecule has 0 N–H and O–H groups in total. The number of ether oxygens (including phenoxy) is 1. The van der Waals surface area contributed by atoms with E-state index >= 15 is 4.39 Å². The van der Waals surface area contributed by atoms with Gasteiger partial charge in [0.15, 0.2) is 0 Å². The van der Waals surface area contributed by atoms with Crippen LogP contribution in [-0.2, 0) is 0 Å². The van der Waals surface area contributed by atoms with Crippen LogP contribution in [0.15, 0.2) is 42.5 Å². The van der Waals surface area contributed by atoms with Crippen molar-refractivity contribution in [3.8, 4) is 11.8 Å². The molecule has 2 fully saturated rings. The first kappa shape index (κ1) is 23.5. The molecule has 33 heavy (non-hydrogen) atoms. The summed E-state index contributed by atoms with van der Waals surface area (Å²) in [4.78, 5) is 12.5. The van der Waals surface area contributed by atoms with Gasteiger partial charge in [0.25, 0.3) is 0 Å². The third-order valence-electron chi connectivity index (χ3n) is 7.81. The average molecular weight is 448 g/mol. The minimum atomic E-state index is -0.588. The number of carbonyl (C=O) groups is 1. The lowest BCUT2D eigenvalue weighted by atomic mass is 9.63. The molecule has 4 heteroatoms. The monoisotopic (exact) mass is 447 g/mol. The highest BCUT2D eigenvalue weighted by atomic mass is 19.1. The van der Waals surface area contributed by atoms with Gasteiger partial charge in [0.05, 0.1) is 17.2 Å². The normalized spacial score (nSPS) is 24.5. The molecule has 2 aromatic rings. The molecular weight excluding hydrogens is 413 g/mol. The second kappa shape index (κ2) is 11.0. The van der Waals surface area contributed by atoms with Crippen LogP contribution in [0.4, 0.5) is 4.39 Å². The Balaban J connectivity index is 1.35. The van der Waals surface area contributed by atoms with Gasteiger partial charge in [-0.1, -0.05) is 45.1 Å². The Bertz CT molecular complexity index is 994. The van der Waals surface area contributed by atoms with Crippen LogP contribution in [0.3, 0.4) is 0 Å². The number of benzene rings is 2. The van der Waals surface area contributed by atoms with E-state index in [1.165, 1.54) is 57.4 Å². The Hall–Kier alpha value is -2.67. The summed E-state index contributed by atoms with van der Waals surface area (Å²) < 4.78 is 20.4. The molecule has 2 aromatic carbocycles. The molecule has 0 heterocycles. The lowest BCUT2D eigenvalue weighted by Gasteiger charge is -2.42. The van der Waals surface area contributed by atoms with Gasteiger partial charge in [-0.3, -0.25) is 0 Å². The maximum atomic E-state index is 15.0. The van der Waals surface area contributed by atoms with Crippen LogP contribution in [0.2, 0.25) is 0 Å². The second-order valence-corrected chi connectivity index (χ2v) is 9.97. The molecular formula is C29H34FNO2. The molecule has 0 radical (unpaired) electrons. The van der Waals surface area contributed by atoms with Crippen LogP contribution >= 0.6 is 0 Å². The van der Waals surface area contributed by atoms with E-state index in [0.29, 0.717) is 17.2 Å². The standard InChI is InChI=1S/C29H34FNO2/c1-2-3-4-5-20-6-9-23-17-24(11-10-22(23)16-20)27-15-12-25(18-28(27)30)29(32)33-26-13-7-21(19-31)8-14-26/h7-8,12-15,18,20,22-24H,2-6,9-11,16-17H2,1H3. The number of rotatable bonds is 7. The Labute approximate surface area is 197 Å². The van der Waals surface area contributed by atoms with Gasteiger partial charge in [0, 0.05) is 0 Å². The number of unbranched alkanes of at least 4 members (excludes halogenated alkanes) is 2. The molecule has 0 bridgehead atoms. The number of esters is 1. The van der Waals surface area contributed by atoms with E-state index in [4.69, 9.17) is 10.00 Å². The zero-order chi connectivity index (χ0) is 23.2. The number of nitrogens with zero attached hydrogens (tertiary/aromatic N) is 1. The van der Waals surface area contributed by atoms with Crippen LogP contribution < -0.4 is 4.74 Å². The second-order valence-electron chi connectivity index (χ2n) is 9.97.